The fraction of sp³-hybridized carbons (Fsp3) is 0.833. The summed E-state index contributed by atoms with van der Waals surface area (Å²) >= 11 is 2.02. The van der Waals surface area contributed by atoms with E-state index in [1.54, 1.807) is 0 Å². The zero-order valence-corrected chi connectivity index (χ0v) is 10.9. The fourth-order valence-corrected chi connectivity index (χ4v) is 2.36. The molecule has 0 spiro atoms. The molecule has 0 fully saturated rings. The molecule has 14 heavy (non-hydrogen) atoms. The molecule has 0 amide bonds. The highest BCUT2D eigenvalue weighted by molar-refractivity contribution is 7.99. The molecule has 1 nitrogen and oxygen atoms in total. The van der Waals surface area contributed by atoms with Gasteiger partial charge in [-0.1, -0.05) is 32.9 Å². The lowest BCUT2D eigenvalue weighted by atomic mass is 10.2. The Morgan fingerprint density at radius 2 is 2.00 bits per heavy atom. The molecule has 1 unspecified atom stereocenters. The summed E-state index contributed by atoms with van der Waals surface area (Å²) in [6.07, 6.45) is 1.19. The number of hydrogen-bond donors (Lipinski definition) is 1. The molecule has 0 aromatic rings. The van der Waals surface area contributed by atoms with Crippen LogP contribution < -0.4 is 5.32 Å². The van der Waals surface area contributed by atoms with Gasteiger partial charge >= 0.3 is 0 Å². The molecule has 1 N–H and O–H groups in total. The van der Waals surface area contributed by atoms with Crippen molar-refractivity contribution in [2.24, 2.45) is 5.92 Å². The van der Waals surface area contributed by atoms with Crippen molar-refractivity contribution in [2.45, 2.75) is 40.2 Å². The van der Waals surface area contributed by atoms with E-state index in [2.05, 4.69) is 39.6 Å². The van der Waals surface area contributed by atoms with Gasteiger partial charge < -0.3 is 5.32 Å². The minimum Gasteiger partial charge on any atom is -0.310 e. The van der Waals surface area contributed by atoms with Gasteiger partial charge in [0.05, 0.1) is 0 Å². The molecule has 0 saturated carbocycles. The van der Waals surface area contributed by atoms with Crippen molar-refractivity contribution in [1.82, 2.24) is 5.32 Å². The topological polar surface area (TPSA) is 12.0 Å². The third kappa shape index (κ3) is 7.45. The predicted octanol–water partition coefficient (Wildman–Crippen LogP) is 3.32. The molecular formula is C12H25NS. The Morgan fingerprint density at radius 1 is 1.36 bits per heavy atom. The van der Waals surface area contributed by atoms with Gasteiger partial charge in [0, 0.05) is 11.8 Å². The van der Waals surface area contributed by atoms with E-state index in [4.69, 9.17) is 0 Å². The quantitative estimate of drug-likeness (QED) is 0.623. The van der Waals surface area contributed by atoms with Crippen LogP contribution in [-0.4, -0.2) is 24.1 Å². The van der Waals surface area contributed by atoms with Gasteiger partial charge in [0.25, 0.3) is 0 Å². The van der Waals surface area contributed by atoms with E-state index in [1.807, 2.05) is 11.8 Å². The lowest BCUT2D eigenvalue weighted by molar-refractivity contribution is 0.608. The van der Waals surface area contributed by atoms with Gasteiger partial charge in [-0.2, -0.15) is 11.8 Å². The summed E-state index contributed by atoms with van der Waals surface area (Å²) < 4.78 is 0. The molecule has 0 heterocycles. The minimum atomic E-state index is 0.499. The molecular weight excluding hydrogens is 190 g/mol. The molecule has 0 radical (unpaired) electrons. The molecule has 0 aliphatic heterocycles. The van der Waals surface area contributed by atoms with E-state index < -0.39 is 0 Å². The number of hydrogen-bond acceptors (Lipinski definition) is 2. The lowest BCUT2D eigenvalue weighted by Gasteiger charge is -2.18. The van der Waals surface area contributed by atoms with Crippen LogP contribution in [0.3, 0.4) is 0 Å². The third-order valence-corrected chi connectivity index (χ3v) is 3.44. The van der Waals surface area contributed by atoms with Crippen LogP contribution in [0.2, 0.25) is 0 Å². The third-order valence-electron chi connectivity index (χ3n) is 1.97. The zero-order valence-electron chi connectivity index (χ0n) is 10.1. The van der Waals surface area contributed by atoms with Crippen LogP contribution in [0.1, 0.15) is 34.1 Å². The van der Waals surface area contributed by atoms with E-state index in [-0.39, 0.29) is 0 Å². The van der Waals surface area contributed by atoms with Gasteiger partial charge in [-0.25, -0.2) is 0 Å². The van der Waals surface area contributed by atoms with E-state index in [1.165, 1.54) is 17.7 Å². The molecule has 0 bridgehead atoms. The predicted molar refractivity (Wildman–Crippen MR) is 69.1 cm³/mol. The van der Waals surface area contributed by atoms with Crippen molar-refractivity contribution in [1.29, 1.82) is 0 Å². The van der Waals surface area contributed by atoms with Gasteiger partial charge in [-0.05, 0) is 31.6 Å². The highest BCUT2D eigenvalue weighted by Crippen LogP contribution is 2.12. The molecule has 0 aliphatic rings. The number of thioether (sulfide) groups is 1. The van der Waals surface area contributed by atoms with E-state index in [9.17, 15) is 0 Å². The van der Waals surface area contributed by atoms with Crippen molar-refractivity contribution in [3.8, 4) is 0 Å². The van der Waals surface area contributed by atoms with E-state index in [0.717, 1.165) is 18.2 Å². The normalized spacial score (nSPS) is 13.2. The molecule has 0 aromatic heterocycles. The smallest absolute Gasteiger partial charge is 0.0365 e. The summed E-state index contributed by atoms with van der Waals surface area (Å²) in [6, 6.07) is 0.499. The second kappa shape index (κ2) is 8.37. The minimum absolute atomic E-state index is 0.499. The Bertz CT molecular complexity index is 154. The Balaban J connectivity index is 3.68. The summed E-state index contributed by atoms with van der Waals surface area (Å²) in [4.78, 5) is 0. The van der Waals surface area contributed by atoms with E-state index in [0.29, 0.717) is 6.04 Å². The van der Waals surface area contributed by atoms with Crippen LogP contribution in [-0.2, 0) is 0 Å². The van der Waals surface area contributed by atoms with Crippen LogP contribution in [0.4, 0.5) is 0 Å². The second-order valence-corrected chi connectivity index (χ2v) is 5.36. The average molecular weight is 215 g/mol. The number of nitrogens with one attached hydrogen (secondary N) is 1. The Labute approximate surface area is 93.7 Å². The first-order valence-electron chi connectivity index (χ1n) is 5.54. The van der Waals surface area contributed by atoms with Crippen molar-refractivity contribution >= 4 is 11.8 Å². The van der Waals surface area contributed by atoms with Crippen LogP contribution in [0, 0.1) is 5.92 Å². The van der Waals surface area contributed by atoms with Gasteiger partial charge in [-0.3, -0.25) is 0 Å². The molecule has 2 heteroatoms. The molecule has 0 rings (SSSR count). The van der Waals surface area contributed by atoms with Gasteiger partial charge in [0.2, 0.25) is 0 Å². The standard InChI is InChI=1S/C12H25NS/c1-6-7-13-12(11(4)5)9-14-8-10(2)3/h10,12-13H,4,6-9H2,1-3,5H3. The SMILES string of the molecule is C=C(C)C(CSCC(C)C)NCCC. The summed E-state index contributed by atoms with van der Waals surface area (Å²) in [5.74, 6) is 3.20. The summed E-state index contributed by atoms with van der Waals surface area (Å²) in [7, 11) is 0. The number of rotatable bonds is 8. The van der Waals surface area contributed by atoms with E-state index >= 15 is 0 Å². The second-order valence-electron chi connectivity index (χ2n) is 4.28. The molecule has 0 saturated heterocycles. The van der Waals surface area contributed by atoms with Crippen molar-refractivity contribution in [3.63, 3.8) is 0 Å². The summed E-state index contributed by atoms with van der Waals surface area (Å²) in [5.41, 5.74) is 1.26. The molecule has 1 atom stereocenters. The van der Waals surface area contributed by atoms with Gasteiger partial charge in [-0.15, -0.1) is 0 Å². The molecule has 0 aliphatic carbocycles. The summed E-state index contributed by atoms with van der Waals surface area (Å²) in [5, 5.41) is 3.52. The molecule has 84 valence electrons. The van der Waals surface area contributed by atoms with Gasteiger partial charge in [0.15, 0.2) is 0 Å². The maximum absolute atomic E-state index is 4.03. The molecule has 0 aromatic carbocycles. The summed E-state index contributed by atoms with van der Waals surface area (Å²) in [6.45, 7) is 14.0. The maximum Gasteiger partial charge on any atom is 0.0365 e. The highest BCUT2D eigenvalue weighted by Gasteiger charge is 2.08. The monoisotopic (exact) mass is 215 g/mol. The van der Waals surface area contributed by atoms with Crippen LogP contribution >= 0.6 is 11.8 Å². The maximum atomic E-state index is 4.03. The Kier molecular flexibility index (Phi) is 8.40. The zero-order chi connectivity index (χ0) is 11.0. The van der Waals surface area contributed by atoms with Crippen molar-refractivity contribution < 1.29 is 0 Å². The highest BCUT2D eigenvalue weighted by atomic mass is 32.2. The average Bonchev–Trinajstić information content (AvgIpc) is 2.09. The first kappa shape index (κ1) is 14.1. The lowest BCUT2D eigenvalue weighted by Crippen LogP contribution is -2.32. The van der Waals surface area contributed by atoms with Crippen molar-refractivity contribution in [3.05, 3.63) is 12.2 Å². The van der Waals surface area contributed by atoms with Gasteiger partial charge in [0.1, 0.15) is 0 Å². The first-order chi connectivity index (χ1) is 6.57. The first-order valence-corrected chi connectivity index (χ1v) is 6.69. The Morgan fingerprint density at radius 3 is 2.43 bits per heavy atom. The van der Waals surface area contributed by atoms with Crippen LogP contribution in [0.25, 0.3) is 0 Å². The fourth-order valence-electron chi connectivity index (χ4n) is 1.12. The Hall–Kier alpha value is 0.0500. The largest absolute Gasteiger partial charge is 0.310 e. The van der Waals surface area contributed by atoms with Crippen LogP contribution in [0.5, 0.6) is 0 Å². The van der Waals surface area contributed by atoms with Crippen LogP contribution in [0.15, 0.2) is 12.2 Å². The van der Waals surface area contributed by atoms with Crippen molar-refractivity contribution in [2.75, 3.05) is 18.1 Å².